The maximum absolute atomic E-state index is 13.3. The Morgan fingerprint density at radius 2 is 2.00 bits per heavy atom. The van der Waals surface area contributed by atoms with Crippen molar-refractivity contribution in [3.8, 4) is 0 Å². The summed E-state index contributed by atoms with van der Waals surface area (Å²) in [5.41, 5.74) is 2.16. The lowest BCUT2D eigenvalue weighted by molar-refractivity contribution is 0.568. The molecule has 0 N–H and O–H groups in total. The molecule has 3 rings (SSSR count). The highest BCUT2D eigenvalue weighted by Gasteiger charge is 2.13. The van der Waals surface area contributed by atoms with Crippen molar-refractivity contribution in [3.05, 3.63) is 59.6 Å². The Morgan fingerprint density at radius 1 is 1.15 bits per heavy atom. The molecule has 102 valence electrons. The molecule has 3 heteroatoms. The number of rotatable bonds is 3. The first-order valence-corrected chi connectivity index (χ1v) is 7.44. The summed E-state index contributed by atoms with van der Waals surface area (Å²) in [6, 6.07) is 12.9. The van der Waals surface area contributed by atoms with Crippen LogP contribution in [0.25, 0.3) is 11.0 Å². The van der Waals surface area contributed by atoms with Gasteiger partial charge in [0, 0.05) is 10.3 Å². The predicted molar refractivity (Wildman–Crippen MR) is 80.9 cm³/mol. The van der Waals surface area contributed by atoms with Gasteiger partial charge in [-0.3, -0.25) is 0 Å². The summed E-state index contributed by atoms with van der Waals surface area (Å²) in [4.78, 5) is 1.96. The molecule has 0 spiro atoms. The van der Waals surface area contributed by atoms with E-state index in [1.54, 1.807) is 23.9 Å². The summed E-state index contributed by atoms with van der Waals surface area (Å²) in [6.07, 6.45) is 0.990. The minimum Gasteiger partial charge on any atom is -0.460 e. The minimum absolute atomic E-state index is 0.213. The lowest BCUT2D eigenvalue weighted by Gasteiger charge is -2.02. The molecule has 0 aliphatic heterocycles. The molecule has 0 bridgehead atoms. The van der Waals surface area contributed by atoms with E-state index in [9.17, 15) is 4.39 Å². The van der Waals surface area contributed by atoms with Gasteiger partial charge in [0.15, 0.2) is 0 Å². The van der Waals surface area contributed by atoms with Gasteiger partial charge in [0.2, 0.25) is 0 Å². The van der Waals surface area contributed by atoms with Crippen molar-refractivity contribution in [2.75, 3.05) is 0 Å². The zero-order valence-electron chi connectivity index (χ0n) is 11.4. The molecule has 0 fully saturated rings. The van der Waals surface area contributed by atoms with Crippen LogP contribution in [-0.4, -0.2) is 0 Å². The van der Waals surface area contributed by atoms with Crippen LogP contribution in [0.1, 0.15) is 18.2 Å². The largest absolute Gasteiger partial charge is 0.460 e. The van der Waals surface area contributed by atoms with Crippen LogP contribution >= 0.6 is 11.8 Å². The van der Waals surface area contributed by atoms with E-state index in [0.717, 1.165) is 32.9 Å². The van der Waals surface area contributed by atoms with E-state index in [2.05, 4.69) is 19.1 Å². The molecule has 1 aromatic heterocycles. The summed E-state index contributed by atoms with van der Waals surface area (Å²) in [5.74, 6) is 0.664. The monoisotopic (exact) mass is 286 g/mol. The van der Waals surface area contributed by atoms with Crippen LogP contribution in [0.4, 0.5) is 4.39 Å². The number of hydrogen-bond acceptors (Lipinski definition) is 2. The highest BCUT2D eigenvalue weighted by atomic mass is 32.2. The molecule has 2 aromatic carbocycles. The topological polar surface area (TPSA) is 13.1 Å². The quantitative estimate of drug-likeness (QED) is 0.622. The third-order valence-electron chi connectivity index (χ3n) is 3.30. The van der Waals surface area contributed by atoms with Gasteiger partial charge in [-0.1, -0.05) is 30.8 Å². The number of benzene rings is 2. The predicted octanol–water partition coefficient (Wildman–Crippen LogP) is 5.59. The third-order valence-corrected chi connectivity index (χ3v) is 4.50. The first-order valence-electron chi connectivity index (χ1n) is 6.63. The molecule has 1 nitrogen and oxygen atoms in total. The summed E-state index contributed by atoms with van der Waals surface area (Å²) < 4.78 is 19.1. The lowest BCUT2D eigenvalue weighted by atomic mass is 10.1. The number of hydrogen-bond donors (Lipinski definition) is 0. The molecular weight excluding hydrogens is 271 g/mol. The van der Waals surface area contributed by atoms with Crippen molar-refractivity contribution in [1.29, 1.82) is 0 Å². The smallest absolute Gasteiger partial charge is 0.135 e. The Bertz CT molecular complexity index is 761. The maximum Gasteiger partial charge on any atom is 0.135 e. The summed E-state index contributed by atoms with van der Waals surface area (Å²) in [5, 5.41) is 1.11. The van der Waals surface area contributed by atoms with Gasteiger partial charge in [0.05, 0.1) is 4.90 Å². The lowest BCUT2D eigenvalue weighted by Crippen LogP contribution is -1.80. The third kappa shape index (κ3) is 2.46. The van der Waals surface area contributed by atoms with Crippen molar-refractivity contribution >= 4 is 22.7 Å². The fraction of sp³-hybridized carbons (Fsp3) is 0.176. The van der Waals surface area contributed by atoms with Crippen LogP contribution in [0.2, 0.25) is 0 Å². The number of furan rings is 1. The molecule has 0 radical (unpaired) electrons. The Hall–Kier alpha value is -1.74. The van der Waals surface area contributed by atoms with E-state index >= 15 is 0 Å². The van der Waals surface area contributed by atoms with Crippen LogP contribution in [0.15, 0.2) is 56.7 Å². The molecule has 1 heterocycles. The van der Waals surface area contributed by atoms with Crippen molar-refractivity contribution in [2.45, 2.75) is 30.1 Å². The number of halogens is 1. The summed E-state index contributed by atoms with van der Waals surface area (Å²) in [7, 11) is 0. The first-order chi connectivity index (χ1) is 9.67. The summed E-state index contributed by atoms with van der Waals surface area (Å²) >= 11 is 1.55. The molecule has 3 aromatic rings. The van der Waals surface area contributed by atoms with E-state index in [1.807, 2.05) is 19.1 Å². The van der Waals surface area contributed by atoms with Crippen LogP contribution < -0.4 is 0 Å². The zero-order chi connectivity index (χ0) is 14.1. The number of aryl methyl sites for hydroxylation is 2. The van der Waals surface area contributed by atoms with Gasteiger partial charge in [-0.25, -0.2) is 4.39 Å². The molecule has 0 atom stereocenters. The average Bonchev–Trinajstić information content (AvgIpc) is 2.74. The van der Waals surface area contributed by atoms with Crippen LogP contribution in [-0.2, 0) is 6.42 Å². The maximum atomic E-state index is 13.3. The highest BCUT2D eigenvalue weighted by Crippen LogP contribution is 2.38. The van der Waals surface area contributed by atoms with Crippen LogP contribution in [0.3, 0.4) is 0 Å². The molecule has 0 amide bonds. The molecule has 0 saturated carbocycles. The average molecular weight is 286 g/mol. The molecule has 0 unspecified atom stereocenters. The Morgan fingerprint density at radius 3 is 2.75 bits per heavy atom. The fourth-order valence-corrected chi connectivity index (χ4v) is 3.25. The van der Waals surface area contributed by atoms with E-state index in [0.29, 0.717) is 0 Å². The van der Waals surface area contributed by atoms with Gasteiger partial charge < -0.3 is 4.42 Å². The van der Waals surface area contributed by atoms with Crippen molar-refractivity contribution in [2.24, 2.45) is 0 Å². The summed E-state index contributed by atoms with van der Waals surface area (Å²) in [6.45, 7) is 4.08. The van der Waals surface area contributed by atoms with Crippen LogP contribution in [0, 0.1) is 12.7 Å². The Balaban J connectivity index is 2.08. The van der Waals surface area contributed by atoms with Gasteiger partial charge in [-0.2, -0.15) is 0 Å². The van der Waals surface area contributed by atoms with Crippen LogP contribution in [0.5, 0.6) is 0 Å². The van der Waals surface area contributed by atoms with Gasteiger partial charge in [-0.05, 0) is 49.2 Å². The van der Waals surface area contributed by atoms with Crippen molar-refractivity contribution in [1.82, 2.24) is 0 Å². The number of fused-ring (bicyclic) bond motifs is 1. The molecular formula is C17H15FOS. The van der Waals surface area contributed by atoms with E-state index in [4.69, 9.17) is 4.42 Å². The molecule has 0 aliphatic carbocycles. The van der Waals surface area contributed by atoms with Gasteiger partial charge >= 0.3 is 0 Å². The van der Waals surface area contributed by atoms with E-state index < -0.39 is 0 Å². The first kappa shape index (κ1) is 13.3. The second-order valence-electron chi connectivity index (χ2n) is 4.73. The molecule has 0 saturated heterocycles. The van der Waals surface area contributed by atoms with Crippen molar-refractivity contribution < 1.29 is 8.81 Å². The highest BCUT2D eigenvalue weighted by molar-refractivity contribution is 7.99. The van der Waals surface area contributed by atoms with Gasteiger partial charge in [0.25, 0.3) is 0 Å². The van der Waals surface area contributed by atoms with Gasteiger partial charge in [-0.15, -0.1) is 0 Å². The molecule has 0 aliphatic rings. The second-order valence-corrected chi connectivity index (χ2v) is 5.81. The Labute approximate surface area is 121 Å². The normalized spacial score (nSPS) is 11.2. The zero-order valence-corrected chi connectivity index (χ0v) is 12.3. The molecule has 20 heavy (non-hydrogen) atoms. The van der Waals surface area contributed by atoms with E-state index in [-0.39, 0.29) is 5.82 Å². The standard InChI is InChI=1S/C17H15FOS/c1-3-12-7-8-16-15(9-12)17(11(2)19-16)20-14-6-4-5-13(18)10-14/h4-10H,3H2,1-2H3. The SMILES string of the molecule is CCc1ccc2oc(C)c(Sc3cccc(F)c3)c2c1. The van der Waals surface area contributed by atoms with Crippen molar-refractivity contribution in [3.63, 3.8) is 0 Å². The van der Waals surface area contributed by atoms with Gasteiger partial charge in [0.1, 0.15) is 17.2 Å². The second kappa shape index (κ2) is 5.33. The fourth-order valence-electron chi connectivity index (χ4n) is 2.24. The minimum atomic E-state index is -0.213. The Kier molecular flexibility index (Phi) is 3.53. The van der Waals surface area contributed by atoms with E-state index in [1.165, 1.54) is 11.6 Å².